The molecular weight excluding hydrogens is 520 g/mol. The van der Waals surface area contributed by atoms with E-state index in [4.69, 9.17) is 4.74 Å². The van der Waals surface area contributed by atoms with Gasteiger partial charge in [-0.25, -0.2) is 14.2 Å². The maximum atomic E-state index is 13.8. The number of amides is 1. The summed E-state index contributed by atoms with van der Waals surface area (Å²) in [5.41, 5.74) is 3.56. The summed E-state index contributed by atoms with van der Waals surface area (Å²) in [6.07, 6.45) is 1.87. The molecule has 0 spiro atoms. The Bertz CT molecular complexity index is 1960. The zero-order valence-corrected chi connectivity index (χ0v) is 22.1. The number of aromatic amines is 1. The summed E-state index contributed by atoms with van der Waals surface area (Å²) in [7, 11) is 1.26. The number of para-hydroxylation sites is 2. The van der Waals surface area contributed by atoms with Crippen LogP contribution in [0.4, 0.5) is 0 Å². The molecule has 9 heteroatoms. The van der Waals surface area contributed by atoms with Crippen LogP contribution in [-0.4, -0.2) is 44.5 Å². The normalized spacial score (nSPS) is 11.9. The molecule has 0 aliphatic carbocycles. The minimum atomic E-state index is -1.00. The molecule has 0 bridgehead atoms. The Morgan fingerprint density at radius 1 is 0.878 bits per heavy atom. The van der Waals surface area contributed by atoms with Gasteiger partial charge in [0, 0.05) is 29.1 Å². The molecule has 6 rings (SSSR count). The van der Waals surface area contributed by atoms with E-state index in [1.54, 1.807) is 47.3 Å². The van der Waals surface area contributed by atoms with Gasteiger partial charge >= 0.3 is 5.97 Å². The third kappa shape index (κ3) is 4.74. The summed E-state index contributed by atoms with van der Waals surface area (Å²) < 4.78 is 8.36. The van der Waals surface area contributed by atoms with Crippen LogP contribution in [0.2, 0.25) is 0 Å². The van der Waals surface area contributed by atoms with Crippen molar-refractivity contribution in [1.29, 1.82) is 0 Å². The molecule has 2 heterocycles. The van der Waals surface area contributed by atoms with Gasteiger partial charge in [-0.3, -0.25) is 9.59 Å². The number of hydrogen-bond donors (Lipinski definition) is 3. The first-order valence-corrected chi connectivity index (χ1v) is 13.0. The molecule has 0 saturated heterocycles. The Hall–Kier alpha value is -5.57. The minimum Gasteiger partial charge on any atom is -0.508 e. The summed E-state index contributed by atoms with van der Waals surface area (Å²) in [6, 6.07) is 27.6. The lowest BCUT2D eigenvalue weighted by atomic mass is 10.0. The number of nitrogens with zero attached hydrogens (tertiary/aromatic N) is 2. The number of H-pyrrole nitrogens is 1. The maximum absolute atomic E-state index is 13.8. The highest BCUT2D eigenvalue weighted by molar-refractivity contribution is 6.00. The number of rotatable bonds is 7. The van der Waals surface area contributed by atoms with Gasteiger partial charge in [-0.2, -0.15) is 0 Å². The highest BCUT2D eigenvalue weighted by Crippen LogP contribution is 2.25. The third-order valence-corrected chi connectivity index (χ3v) is 7.08. The van der Waals surface area contributed by atoms with Crippen LogP contribution >= 0.6 is 0 Å². The Morgan fingerprint density at radius 2 is 1.56 bits per heavy atom. The number of hydrogen-bond acceptors (Lipinski definition) is 5. The van der Waals surface area contributed by atoms with E-state index in [1.807, 2.05) is 65.3 Å². The van der Waals surface area contributed by atoms with Crippen LogP contribution in [0.1, 0.15) is 15.9 Å². The standard InChI is InChI=1S/C32H26N4O5/c1-41-32(40)28(17-21-19-33-27-14-13-24(37)18-25(21)27)34-30(38)20-12-15-29-26(16-20)31(39)36(23-10-6-3-7-11-23)35(29)22-8-4-2-5-9-22/h2-16,18-19,28,33,37H,17H2,1H3,(H,34,38)/t28-/m0/s1. The number of aromatic nitrogens is 3. The fourth-order valence-electron chi connectivity index (χ4n) is 5.10. The maximum Gasteiger partial charge on any atom is 0.328 e. The molecule has 204 valence electrons. The van der Waals surface area contributed by atoms with Crippen molar-refractivity contribution in [3.8, 4) is 17.1 Å². The molecule has 4 aromatic carbocycles. The van der Waals surface area contributed by atoms with E-state index in [0.29, 0.717) is 16.6 Å². The summed E-state index contributed by atoms with van der Waals surface area (Å²) >= 11 is 0. The molecule has 0 aliphatic heterocycles. The highest BCUT2D eigenvalue weighted by atomic mass is 16.5. The number of carbonyl (C=O) groups is 2. The van der Waals surface area contributed by atoms with Crippen molar-refractivity contribution in [2.45, 2.75) is 12.5 Å². The number of esters is 1. The fourth-order valence-corrected chi connectivity index (χ4v) is 5.10. The van der Waals surface area contributed by atoms with Gasteiger partial charge in [0.2, 0.25) is 0 Å². The Kier molecular flexibility index (Phi) is 6.60. The monoisotopic (exact) mass is 546 g/mol. The van der Waals surface area contributed by atoms with Crippen LogP contribution in [-0.2, 0) is 16.0 Å². The van der Waals surface area contributed by atoms with Gasteiger partial charge in [-0.05, 0) is 66.2 Å². The molecule has 6 aromatic rings. The summed E-state index contributed by atoms with van der Waals surface area (Å²) in [5.74, 6) is -1.05. The molecule has 2 aromatic heterocycles. The van der Waals surface area contributed by atoms with Crippen LogP contribution in [0.5, 0.6) is 5.75 Å². The van der Waals surface area contributed by atoms with Gasteiger partial charge < -0.3 is 20.1 Å². The molecule has 1 amide bonds. The molecular formula is C32H26N4O5. The lowest BCUT2D eigenvalue weighted by Crippen LogP contribution is -2.43. The molecule has 3 N–H and O–H groups in total. The zero-order chi connectivity index (χ0) is 28.5. The summed E-state index contributed by atoms with van der Waals surface area (Å²) in [4.78, 5) is 43.0. The second kappa shape index (κ2) is 10.5. The van der Waals surface area contributed by atoms with Gasteiger partial charge in [0.25, 0.3) is 11.5 Å². The van der Waals surface area contributed by atoms with Gasteiger partial charge in [0.1, 0.15) is 11.8 Å². The lowest BCUT2D eigenvalue weighted by Gasteiger charge is -2.16. The topological polar surface area (TPSA) is 118 Å². The average molecular weight is 547 g/mol. The van der Waals surface area contributed by atoms with E-state index in [-0.39, 0.29) is 23.3 Å². The Labute approximate surface area is 234 Å². The van der Waals surface area contributed by atoms with E-state index in [1.165, 1.54) is 7.11 Å². The summed E-state index contributed by atoms with van der Waals surface area (Å²) in [6.45, 7) is 0. The first-order valence-electron chi connectivity index (χ1n) is 13.0. The molecule has 0 aliphatic rings. The van der Waals surface area contributed by atoms with E-state index in [9.17, 15) is 19.5 Å². The number of fused-ring (bicyclic) bond motifs is 2. The molecule has 0 unspecified atom stereocenters. The van der Waals surface area contributed by atoms with Crippen molar-refractivity contribution in [2.24, 2.45) is 0 Å². The SMILES string of the molecule is COC(=O)[C@H](Cc1c[nH]c2ccc(O)cc12)NC(=O)c1ccc2c(c1)c(=O)n(-c1ccccc1)n2-c1ccccc1. The fraction of sp³-hybridized carbons (Fsp3) is 0.0938. The first kappa shape index (κ1) is 25.7. The van der Waals surface area contributed by atoms with Crippen molar-refractivity contribution in [2.75, 3.05) is 7.11 Å². The second-order valence-corrected chi connectivity index (χ2v) is 9.63. The molecule has 41 heavy (non-hydrogen) atoms. The molecule has 9 nitrogen and oxygen atoms in total. The van der Waals surface area contributed by atoms with E-state index in [2.05, 4.69) is 10.3 Å². The van der Waals surface area contributed by atoms with Crippen LogP contribution < -0.4 is 10.9 Å². The molecule has 0 fully saturated rings. The van der Waals surface area contributed by atoms with Crippen LogP contribution in [0, 0.1) is 0 Å². The predicted octanol–water partition coefficient (Wildman–Crippen LogP) is 4.48. The van der Waals surface area contributed by atoms with E-state index < -0.39 is 17.9 Å². The number of methoxy groups -OCH3 is 1. The van der Waals surface area contributed by atoms with Crippen molar-refractivity contribution in [3.05, 3.63) is 125 Å². The van der Waals surface area contributed by atoms with Crippen molar-refractivity contribution in [1.82, 2.24) is 19.7 Å². The largest absolute Gasteiger partial charge is 0.508 e. The van der Waals surface area contributed by atoms with Crippen LogP contribution in [0.25, 0.3) is 33.2 Å². The minimum absolute atomic E-state index is 0.0916. The number of carbonyl (C=O) groups excluding carboxylic acids is 2. The van der Waals surface area contributed by atoms with Crippen molar-refractivity contribution >= 4 is 33.7 Å². The number of phenolic OH excluding ortho intramolecular Hbond substituents is 1. The molecule has 0 radical (unpaired) electrons. The quantitative estimate of drug-likeness (QED) is 0.255. The molecule has 0 saturated carbocycles. The number of ether oxygens (including phenoxy) is 1. The molecule has 1 atom stereocenters. The van der Waals surface area contributed by atoms with Gasteiger partial charge in [0.15, 0.2) is 0 Å². The number of nitrogens with one attached hydrogen (secondary N) is 2. The first-order chi connectivity index (χ1) is 19.9. The van der Waals surface area contributed by atoms with Crippen LogP contribution in [0.15, 0.2) is 108 Å². The summed E-state index contributed by atoms with van der Waals surface area (Å²) in [5, 5.41) is 13.8. The van der Waals surface area contributed by atoms with Crippen molar-refractivity contribution in [3.63, 3.8) is 0 Å². The highest BCUT2D eigenvalue weighted by Gasteiger charge is 2.25. The van der Waals surface area contributed by atoms with E-state index >= 15 is 0 Å². The number of phenols is 1. The lowest BCUT2D eigenvalue weighted by molar-refractivity contribution is -0.142. The average Bonchev–Trinajstić information content (AvgIpc) is 3.54. The number of benzene rings is 4. The number of aromatic hydroxyl groups is 1. The predicted molar refractivity (Wildman–Crippen MR) is 156 cm³/mol. The smallest absolute Gasteiger partial charge is 0.328 e. The second-order valence-electron chi connectivity index (χ2n) is 9.63. The third-order valence-electron chi connectivity index (χ3n) is 7.08. The van der Waals surface area contributed by atoms with Crippen LogP contribution in [0.3, 0.4) is 0 Å². The van der Waals surface area contributed by atoms with Gasteiger partial charge in [-0.1, -0.05) is 36.4 Å². The van der Waals surface area contributed by atoms with Crippen molar-refractivity contribution < 1.29 is 19.4 Å². The Balaban J connectivity index is 1.38. The Morgan fingerprint density at radius 3 is 2.24 bits per heavy atom. The van der Waals surface area contributed by atoms with E-state index in [0.717, 1.165) is 22.2 Å². The van der Waals surface area contributed by atoms with Gasteiger partial charge in [0.05, 0.1) is 29.4 Å². The zero-order valence-electron chi connectivity index (χ0n) is 22.1. The van der Waals surface area contributed by atoms with Gasteiger partial charge in [-0.15, -0.1) is 0 Å².